The fraction of sp³-hybridized carbons (Fsp3) is 0.393. The largest absolute Gasteiger partial charge is 0.475 e. The maximum atomic E-state index is 15.8. The van der Waals surface area contributed by atoms with Gasteiger partial charge in [0.1, 0.15) is 29.6 Å². The van der Waals surface area contributed by atoms with Crippen LogP contribution in [0.1, 0.15) is 84.4 Å². The minimum Gasteiger partial charge on any atom is -0.475 e. The molecule has 4 N–H and O–H groups in total. The van der Waals surface area contributed by atoms with E-state index in [-0.39, 0.29) is 48.7 Å². The minimum absolute atomic E-state index is 0.00588. The van der Waals surface area contributed by atoms with Gasteiger partial charge in [0.2, 0.25) is 17.6 Å². The van der Waals surface area contributed by atoms with Crippen molar-refractivity contribution < 1.29 is 50.3 Å². The predicted molar refractivity (Wildman–Crippen MR) is 293 cm³/mol. The highest BCUT2D eigenvalue weighted by Crippen LogP contribution is 2.35. The van der Waals surface area contributed by atoms with Gasteiger partial charge in [-0.2, -0.15) is 12.7 Å². The Balaban J connectivity index is 0.691. The number of aryl methyl sites for hydroxylation is 1. The van der Waals surface area contributed by atoms with Gasteiger partial charge in [-0.15, -0.1) is 11.3 Å². The second kappa shape index (κ2) is 23.7. The average Bonchev–Trinajstić information content (AvgIpc) is 4.43. The van der Waals surface area contributed by atoms with E-state index in [4.69, 9.17) is 9.26 Å². The molecular formula is C56H61F3N10O8S2. The number of rotatable bonds is 20. The van der Waals surface area contributed by atoms with Gasteiger partial charge in [-0.05, 0) is 90.7 Å². The van der Waals surface area contributed by atoms with Crippen LogP contribution in [0.4, 0.5) is 24.5 Å². The van der Waals surface area contributed by atoms with Crippen molar-refractivity contribution in [2.24, 2.45) is 5.92 Å². The summed E-state index contributed by atoms with van der Waals surface area (Å²) in [6, 6.07) is 19.3. The number of fused-ring (bicyclic) bond motifs is 1. The molecular weight excluding hydrogens is 1060 g/mol. The fourth-order valence-electron chi connectivity index (χ4n) is 10.6. The number of piperazine rings is 1. The molecule has 4 atom stereocenters. The van der Waals surface area contributed by atoms with Crippen molar-refractivity contribution in [2.45, 2.75) is 70.6 Å². The van der Waals surface area contributed by atoms with Crippen molar-refractivity contribution in [3.05, 3.63) is 130 Å². The number of H-pyrrole nitrogens is 1. The number of aliphatic hydroxyl groups excluding tert-OH is 1. The summed E-state index contributed by atoms with van der Waals surface area (Å²) in [5, 5.41) is 17.7. The number of anilines is 2. The van der Waals surface area contributed by atoms with E-state index in [0.717, 1.165) is 88.5 Å². The summed E-state index contributed by atoms with van der Waals surface area (Å²) in [5.41, 5.74) is 5.63. The SMILES string of the molecule is Cc1ncsc1-c1ccc([C@H](CO)NC(=O)[C@@H]2CCCN2C(=O)[C@H](c2cc(OCCCN3CCN(c4ccc(-c5cnc6[nH]cc(C(=O)c7c(F)ccc(NS(=O)(=O)N8CC[C@@H](F)C8)c7F)c6c5)cc4)CC3)no2)C(C)C)cc1. The van der Waals surface area contributed by atoms with Gasteiger partial charge in [0.25, 0.3) is 5.88 Å². The van der Waals surface area contributed by atoms with Crippen molar-refractivity contribution in [3.8, 4) is 27.4 Å². The second-order valence-electron chi connectivity index (χ2n) is 20.5. The van der Waals surface area contributed by atoms with E-state index >= 15 is 8.78 Å². The molecule has 18 nitrogen and oxygen atoms in total. The number of carbonyl (C=O) groups excluding carboxylic acids is 3. The molecule has 10 rings (SSSR count). The first-order valence-corrected chi connectivity index (χ1v) is 28.7. The zero-order chi connectivity index (χ0) is 55.5. The number of ketones is 1. The van der Waals surface area contributed by atoms with Crippen LogP contribution in [0.2, 0.25) is 0 Å². The molecule has 3 aliphatic rings. The Kier molecular flexibility index (Phi) is 16.5. The Morgan fingerprint density at radius 2 is 1.70 bits per heavy atom. The maximum absolute atomic E-state index is 15.8. The molecule has 3 aliphatic heterocycles. The molecule has 3 fully saturated rings. The molecule has 2 amide bonds. The third-order valence-electron chi connectivity index (χ3n) is 15.0. The third-order valence-corrected chi connectivity index (χ3v) is 17.4. The van der Waals surface area contributed by atoms with Gasteiger partial charge in [-0.3, -0.25) is 24.0 Å². The number of aliphatic hydroxyl groups is 1. The van der Waals surface area contributed by atoms with E-state index < -0.39 is 69.6 Å². The van der Waals surface area contributed by atoms with E-state index in [2.05, 4.69) is 35.2 Å². The standard InChI is InChI=1S/C56H61F3N10O8S2/c1-33(2)49(56(73)69-19-4-6-46(69)55(72)63-45(31-70)36-7-9-37(10-8-36)53-34(3)62-32-78-53)47-27-48(64-77-47)76-25-5-18-66-21-23-67(24-22-66)40-13-11-35(12-14-40)38-26-41-42(29-61-54(41)60-28-38)52(71)50-43(58)15-16-44(51(50)59)65-79(74,75)68-20-17-39(57)30-68/h7-16,26-29,32-33,39,45-46,49,65,70H,4-6,17-25,30-31H2,1-3H3,(H,60,61)(H,63,72)/t39-,45+,46+,49+/m1/s1. The molecule has 7 heterocycles. The summed E-state index contributed by atoms with van der Waals surface area (Å²) < 4.78 is 85.0. The molecule has 0 spiro atoms. The summed E-state index contributed by atoms with van der Waals surface area (Å²) in [6.07, 6.45) is 3.46. The van der Waals surface area contributed by atoms with Crippen molar-refractivity contribution >= 4 is 61.6 Å². The summed E-state index contributed by atoms with van der Waals surface area (Å²) in [5.74, 6) is -4.34. The molecule has 0 unspecified atom stereocenters. The molecule has 0 radical (unpaired) electrons. The molecule has 0 bridgehead atoms. The Labute approximate surface area is 459 Å². The molecule has 7 aromatic rings. The number of pyridine rings is 1. The monoisotopic (exact) mass is 1120 g/mol. The smallest absolute Gasteiger partial charge is 0.301 e. The molecule has 0 saturated carbocycles. The lowest BCUT2D eigenvalue weighted by atomic mass is 9.91. The summed E-state index contributed by atoms with van der Waals surface area (Å²) in [6.45, 7) is 9.83. The van der Waals surface area contributed by atoms with Gasteiger partial charge < -0.3 is 34.5 Å². The van der Waals surface area contributed by atoms with E-state index in [1.807, 2.05) is 74.0 Å². The van der Waals surface area contributed by atoms with E-state index in [1.54, 1.807) is 40.1 Å². The first-order valence-electron chi connectivity index (χ1n) is 26.4. The van der Waals surface area contributed by atoms with Crippen LogP contribution in [-0.4, -0.2) is 143 Å². The zero-order valence-electron chi connectivity index (χ0n) is 43.8. The Morgan fingerprint density at radius 1 is 0.937 bits per heavy atom. The summed E-state index contributed by atoms with van der Waals surface area (Å²) in [7, 11) is -4.37. The van der Waals surface area contributed by atoms with Crippen molar-refractivity contribution in [3.63, 3.8) is 0 Å². The number of likely N-dealkylation sites (tertiary alicyclic amines) is 1. The highest BCUT2D eigenvalue weighted by Gasteiger charge is 2.41. The van der Waals surface area contributed by atoms with Crippen LogP contribution in [0.5, 0.6) is 5.88 Å². The Hall–Kier alpha value is -7.18. The number of hydrogen-bond donors (Lipinski definition) is 4. The zero-order valence-corrected chi connectivity index (χ0v) is 45.5. The summed E-state index contributed by atoms with van der Waals surface area (Å²) in [4.78, 5) is 60.8. The van der Waals surface area contributed by atoms with Crippen LogP contribution in [0.25, 0.3) is 32.6 Å². The molecule has 3 saturated heterocycles. The third kappa shape index (κ3) is 11.9. The highest BCUT2D eigenvalue weighted by atomic mass is 32.2. The summed E-state index contributed by atoms with van der Waals surface area (Å²) >= 11 is 1.55. The Morgan fingerprint density at radius 3 is 2.39 bits per heavy atom. The van der Waals surface area contributed by atoms with Gasteiger partial charge in [-0.1, -0.05) is 50.2 Å². The topological polar surface area (TPSA) is 219 Å². The minimum atomic E-state index is -4.37. The Bertz CT molecular complexity index is 3440. The lowest BCUT2D eigenvalue weighted by molar-refractivity contribution is -0.141. The van der Waals surface area contributed by atoms with Gasteiger partial charge in [0.15, 0.2) is 11.6 Å². The normalized spacial score (nSPS) is 18.1. The highest BCUT2D eigenvalue weighted by molar-refractivity contribution is 7.90. The van der Waals surface area contributed by atoms with Crippen LogP contribution in [0.3, 0.4) is 0 Å². The van der Waals surface area contributed by atoms with Gasteiger partial charge in [-0.25, -0.2) is 23.1 Å². The first kappa shape index (κ1) is 55.1. The molecule has 416 valence electrons. The molecule has 23 heteroatoms. The number of ether oxygens (including phenoxy) is 1. The number of halogens is 3. The van der Waals surface area contributed by atoms with Crippen LogP contribution in [0, 0.1) is 24.5 Å². The van der Waals surface area contributed by atoms with E-state index in [0.29, 0.717) is 48.4 Å². The van der Waals surface area contributed by atoms with Crippen LogP contribution in [0.15, 0.2) is 95.2 Å². The number of aromatic nitrogens is 4. The van der Waals surface area contributed by atoms with E-state index in [9.17, 15) is 32.3 Å². The number of nitrogens with zero attached hydrogens (tertiary/aromatic N) is 7. The predicted octanol–water partition coefficient (Wildman–Crippen LogP) is 8.03. The number of thiazole rings is 1. The number of alkyl halides is 1. The average molecular weight is 1120 g/mol. The second-order valence-corrected chi connectivity index (χ2v) is 23.0. The first-order chi connectivity index (χ1) is 38.1. The van der Waals surface area contributed by atoms with Gasteiger partial charge in [0, 0.05) is 93.0 Å². The number of nitrogens with one attached hydrogen (secondary N) is 3. The lowest BCUT2D eigenvalue weighted by Gasteiger charge is -2.36. The number of amides is 2. The fourth-order valence-corrected chi connectivity index (χ4v) is 12.7. The number of hydrogen-bond acceptors (Lipinski definition) is 14. The molecule has 79 heavy (non-hydrogen) atoms. The molecule has 0 aliphatic carbocycles. The number of benzene rings is 3. The number of aromatic amines is 1. The van der Waals surface area contributed by atoms with Crippen molar-refractivity contribution in [2.75, 3.05) is 75.2 Å². The molecule has 3 aromatic carbocycles. The van der Waals surface area contributed by atoms with Crippen molar-refractivity contribution in [1.29, 1.82) is 0 Å². The maximum Gasteiger partial charge on any atom is 0.301 e. The van der Waals surface area contributed by atoms with Gasteiger partial charge in [0.05, 0.1) is 46.6 Å². The van der Waals surface area contributed by atoms with Crippen LogP contribution < -0.4 is 19.7 Å². The molecule has 4 aromatic heterocycles. The van der Waals surface area contributed by atoms with Crippen molar-refractivity contribution in [1.82, 2.24) is 39.5 Å². The van der Waals surface area contributed by atoms with Crippen LogP contribution in [-0.2, 0) is 19.8 Å². The van der Waals surface area contributed by atoms with Gasteiger partial charge >= 0.3 is 10.2 Å². The van der Waals surface area contributed by atoms with E-state index in [1.165, 1.54) is 6.20 Å². The quantitative estimate of drug-likeness (QED) is 0.0420. The number of carbonyl (C=O) groups is 3. The lowest BCUT2D eigenvalue weighted by Crippen LogP contribution is -2.49. The van der Waals surface area contributed by atoms with Crippen LogP contribution >= 0.6 is 11.3 Å².